The molecule has 1 atom stereocenters. The van der Waals surface area contributed by atoms with Gasteiger partial charge in [0.15, 0.2) is 0 Å². The van der Waals surface area contributed by atoms with E-state index in [1.165, 1.54) is 0 Å². The van der Waals surface area contributed by atoms with E-state index in [0.717, 1.165) is 4.90 Å². The number of alkyl halides is 2. The molecule has 0 aliphatic carbocycles. The molecule has 0 aromatic rings. The van der Waals surface area contributed by atoms with E-state index in [2.05, 4.69) is 0 Å². The van der Waals surface area contributed by atoms with Crippen LogP contribution < -0.4 is 0 Å². The first-order valence-corrected chi connectivity index (χ1v) is 5.71. The van der Waals surface area contributed by atoms with Crippen molar-refractivity contribution in [2.45, 2.75) is 38.3 Å². The molecule has 0 unspecified atom stereocenters. The standard InChI is InChI=1S/C11H19F2NO4/c1-10(2,3)18-9(16)14-6-11(12,13)7-17-5-8(14)4-15/h8,15H,4-7H2,1-3H3/t8-/m1/s1. The van der Waals surface area contributed by atoms with Crippen LogP contribution >= 0.6 is 0 Å². The Morgan fingerprint density at radius 3 is 2.67 bits per heavy atom. The topological polar surface area (TPSA) is 59.0 Å². The zero-order valence-electron chi connectivity index (χ0n) is 10.8. The van der Waals surface area contributed by atoms with Crippen LogP contribution in [0.2, 0.25) is 0 Å². The van der Waals surface area contributed by atoms with Crippen LogP contribution in [0.25, 0.3) is 0 Å². The Morgan fingerprint density at radius 2 is 2.17 bits per heavy atom. The quantitative estimate of drug-likeness (QED) is 0.776. The fourth-order valence-electron chi connectivity index (χ4n) is 1.54. The lowest BCUT2D eigenvalue weighted by Crippen LogP contribution is -2.49. The second-order valence-electron chi connectivity index (χ2n) is 5.32. The van der Waals surface area contributed by atoms with Gasteiger partial charge in [0.2, 0.25) is 0 Å². The minimum absolute atomic E-state index is 0.134. The van der Waals surface area contributed by atoms with Crippen LogP contribution in [0.5, 0.6) is 0 Å². The molecule has 1 saturated heterocycles. The molecule has 106 valence electrons. The maximum Gasteiger partial charge on any atom is 0.410 e. The molecular weight excluding hydrogens is 248 g/mol. The normalized spacial score (nSPS) is 24.6. The number of carbonyl (C=O) groups excluding carboxylic acids is 1. The average molecular weight is 267 g/mol. The Kier molecular flexibility index (Phi) is 4.50. The van der Waals surface area contributed by atoms with Gasteiger partial charge in [-0.05, 0) is 20.8 Å². The summed E-state index contributed by atoms with van der Waals surface area (Å²) in [5, 5.41) is 9.13. The van der Waals surface area contributed by atoms with Gasteiger partial charge in [0.1, 0.15) is 12.2 Å². The molecule has 0 spiro atoms. The number of hydrogen-bond donors (Lipinski definition) is 1. The molecular formula is C11H19F2NO4. The summed E-state index contributed by atoms with van der Waals surface area (Å²) in [6.45, 7) is 2.78. The van der Waals surface area contributed by atoms with E-state index in [4.69, 9.17) is 14.6 Å². The first kappa shape index (κ1) is 15.1. The summed E-state index contributed by atoms with van der Waals surface area (Å²) in [5.74, 6) is -3.14. The largest absolute Gasteiger partial charge is 0.444 e. The van der Waals surface area contributed by atoms with Gasteiger partial charge < -0.3 is 14.6 Å². The second kappa shape index (κ2) is 5.36. The molecule has 7 heteroatoms. The second-order valence-corrected chi connectivity index (χ2v) is 5.32. The third kappa shape index (κ3) is 4.38. The van der Waals surface area contributed by atoms with Crippen molar-refractivity contribution < 1.29 is 28.2 Å². The van der Waals surface area contributed by atoms with E-state index >= 15 is 0 Å². The van der Waals surface area contributed by atoms with Crippen LogP contribution in [0.3, 0.4) is 0 Å². The highest BCUT2D eigenvalue weighted by Crippen LogP contribution is 2.23. The number of hydrogen-bond acceptors (Lipinski definition) is 4. The number of aliphatic hydroxyl groups excluding tert-OH is 1. The van der Waals surface area contributed by atoms with Crippen molar-refractivity contribution in [2.24, 2.45) is 0 Å². The highest BCUT2D eigenvalue weighted by molar-refractivity contribution is 5.68. The Bertz CT molecular complexity index is 304. The van der Waals surface area contributed by atoms with Gasteiger partial charge in [-0.2, -0.15) is 0 Å². The minimum Gasteiger partial charge on any atom is -0.444 e. The lowest BCUT2D eigenvalue weighted by atomic mass is 10.2. The van der Waals surface area contributed by atoms with Crippen molar-refractivity contribution in [3.05, 3.63) is 0 Å². The average Bonchev–Trinajstić information content (AvgIpc) is 2.33. The predicted octanol–water partition coefficient (Wildman–Crippen LogP) is 1.25. The monoisotopic (exact) mass is 267 g/mol. The number of amides is 1. The highest BCUT2D eigenvalue weighted by Gasteiger charge is 2.41. The van der Waals surface area contributed by atoms with E-state index < -0.39 is 43.4 Å². The number of halogens is 2. The van der Waals surface area contributed by atoms with E-state index in [0.29, 0.717) is 0 Å². The summed E-state index contributed by atoms with van der Waals surface area (Å²) in [6, 6.07) is -0.812. The number of ether oxygens (including phenoxy) is 2. The lowest BCUT2D eigenvalue weighted by Gasteiger charge is -2.31. The van der Waals surface area contributed by atoms with E-state index in [9.17, 15) is 13.6 Å². The van der Waals surface area contributed by atoms with Gasteiger partial charge in [0.05, 0.1) is 25.8 Å². The van der Waals surface area contributed by atoms with Gasteiger partial charge in [0.25, 0.3) is 5.92 Å². The van der Waals surface area contributed by atoms with Gasteiger partial charge in [-0.25, -0.2) is 13.6 Å². The predicted molar refractivity (Wildman–Crippen MR) is 59.6 cm³/mol. The first-order chi connectivity index (χ1) is 8.14. The first-order valence-electron chi connectivity index (χ1n) is 5.71. The van der Waals surface area contributed by atoms with E-state index in [1.54, 1.807) is 20.8 Å². The summed E-state index contributed by atoms with van der Waals surface area (Å²) in [6.07, 6.45) is -0.869. The zero-order valence-corrected chi connectivity index (χ0v) is 10.8. The summed E-state index contributed by atoms with van der Waals surface area (Å²) in [4.78, 5) is 12.7. The Hall–Kier alpha value is -0.950. The van der Waals surface area contributed by atoms with Crippen LogP contribution in [-0.2, 0) is 9.47 Å². The van der Waals surface area contributed by atoms with Crippen molar-refractivity contribution in [2.75, 3.05) is 26.4 Å². The van der Waals surface area contributed by atoms with Crippen molar-refractivity contribution >= 4 is 6.09 Å². The summed E-state index contributed by atoms with van der Waals surface area (Å²) >= 11 is 0. The molecule has 1 N–H and O–H groups in total. The molecule has 0 saturated carbocycles. The Labute approximate surface area is 105 Å². The number of aliphatic hydroxyl groups is 1. The molecule has 18 heavy (non-hydrogen) atoms. The molecule has 1 rings (SSSR count). The van der Waals surface area contributed by atoms with Crippen molar-refractivity contribution in [1.82, 2.24) is 4.90 Å². The van der Waals surface area contributed by atoms with E-state index in [1.807, 2.05) is 0 Å². The number of rotatable bonds is 1. The van der Waals surface area contributed by atoms with Gasteiger partial charge in [0, 0.05) is 0 Å². The van der Waals surface area contributed by atoms with Crippen LogP contribution in [0.15, 0.2) is 0 Å². The zero-order chi connectivity index (χ0) is 14.0. The van der Waals surface area contributed by atoms with Gasteiger partial charge >= 0.3 is 6.09 Å². The minimum atomic E-state index is -3.14. The molecule has 5 nitrogen and oxygen atoms in total. The third-order valence-electron chi connectivity index (χ3n) is 2.30. The molecule has 1 aliphatic heterocycles. The maximum atomic E-state index is 13.4. The highest BCUT2D eigenvalue weighted by atomic mass is 19.3. The summed E-state index contributed by atoms with van der Waals surface area (Å²) in [5.41, 5.74) is -0.778. The Morgan fingerprint density at radius 1 is 1.56 bits per heavy atom. The molecule has 1 amide bonds. The molecule has 1 heterocycles. The SMILES string of the molecule is CC(C)(C)OC(=O)N1CC(F)(F)COC[C@H]1CO. The van der Waals surface area contributed by atoms with Gasteiger partial charge in [-0.3, -0.25) is 4.90 Å². The van der Waals surface area contributed by atoms with Crippen LogP contribution in [0.1, 0.15) is 20.8 Å². The van der Waals surface area contributed by atoms with Crippen LogP contribution in [0, 0.1) is 0 Å². The van der Waals surface area contributed by atoms with Gasteiger partial charge in [-0.1, -0.05) is 0 Å². The Balaban J connectivity index is 2.82. The molecule has 0 radical (unpaired) electrons. The maximum absolute atomic E-state index is 13.4. The fraction of sp³-hybridized carbons (Fsp3) is 0.909. The smallest absolute Gasteiger partial charge is 0.410 e. The molecule has 0 aromatic heterocycles. The fourth-order valence-corrected chi connectivity index (χ4v) is 1.54. The number of carbonyl (C=O) groups is 1. The number of nitrogens with zero attached hydrogens (tertiary/aromatic N) is 1. The van der Waals surface area contributed by atoms with Crippen molar-refractivity contribution in [1.29, 1.82) is 0 Å². The molecule has 0 bridgehead atoms. The third-order valence-corrected chi connectivity index (χ3v) is 2.30. The van der Waals surface area contributed by atoms with E-state index in [-0.39, 0.29) is 6.61 Å². The molecule has 1 aliphatic rings. The van der Waals surface area contributed by atoms with Crippen LogP contribution in [0.4, 0.5) is 13.6 Å². The van der Waals surface area contributed by atoms with Crippen molar-refractivity contribution in [3.8, 4) is 0 Å². The summed E-state index contributed by atoms with van der Waals surface area (Å²) in [7, 11) is 0. The molecule has 1 fully saturated rings. The van der Waals surface area contributed by atoms with Gasteiger partial charge in [-0.15, -0.1) is 0 Å². The summed E-state index contributed by atoms with van der Waals surface area (Å²) < 4.78 is 36.5. The lowest BCUT2D eigenvalue weighted by molar-refractivity contribution is -0.0701. The molecule has 0 aromatic carbocycles. The van der Waals surface area contributed by atoms with Crippen LogP contribution in [-0.4, -0.2) is 60.0 Å². The van der Waals surface area contributed by atoms with Crippen molar-refractivity contribution in [3.63, 3.8) is 0 Å².